The van der Waals surface area contributed by atoms with Crippen molar-refractivity contribution in [3.05, 3.63) is 29.3 Å². The van der Waals surface area contributed by atoms with Gasteiger partial charge in [0, 0.05) is 23.8 Å². The predicted molar refractivity (Wildman–Crippen MR) is 74.3 cm³/mol. The number of carbonyl (C=O) groups is 1. The van der Waals surface area contributed by atoms with Crippen LogP contribution in [0.1, 0.15) is 18.9 Å². The first kappa shape index (κ1) is 14.6. The minimum absolute atomic E-state index is 0.136. The van der Waals surface area contributed by atoms with E-state index in [-0.39, 0.29) is 11.5 Å². The third-order valence-electron chi connectivity index (χ3n) is 2.89. The fourth-order valence-electron chi connectivity index (χ4n) is 2.00. The van der Waals surface area contributed by atoms with Gasteiger partial charge in [-0.1, -0.05) is 12.1 Å². The Kier molecular flexibility index (Phi) is 4.13. The summed E-state index contributed by atoms with van der Waals surface area (Å²) in [5.41, 5.74) is 1.06. The number of fused-ring (bicyclic) bond motifs is 1. The van der Waals surface area contributed by atoms with Crippen LogP contribution in [0.15, 0.2) is 28.7 Å². The van der Waals surface area contributed by atoms with Crippen LogP contribution >= 0.6 is 0 Å². The highest BCUT2D eigenvalue weighted by Gasteiger charge is 2.21. The standard InChI is InChI=1S/C14H16O5S/c1-3-18-14(15)11-7-8-19-13-10(9-11)5-4-6-12(13)20(2,16)17/h4-6,9H,3,7-8H2,1-2H3. The van der Waals surface area contributed by atoms with Crippen molar-refractivity contribution in [2.45, 2.75) is 18.2 Å². The zero-order valence-corrected chi connectivity index (χ0v) is 12.2. The third-order valence-corrected chi connectivity index (χ3v) is 4.01. The van der Waals surface area contributed by atoms with E-state index in [0.29, 0.717) is 29.9 Å². The fourth-order valence-corrected chi connectivity index (χ4v) is 2.84. The number of hydrogen-bond donors (Lipinski definition) is 0. The van der Waals surface area contributed by atoms with Gasteiger partial charge in [-0.15, -0.1) is 0 Å². The van der Waals surface area contributed by atoms with Crippen LogP contribution in [0.2, 0.25) is 0 Å². The van der Waals surface area contributed by atoms with E-state index < -0.39 is 15.8 Å². The van der Waals surface area contributed by atoms with Crippen LogP contribution in [-0.4, -0.2) is 33.9 Å². The summed E-state index contributed by atoms with van der Waals surface area (Å²) in [6, 6.07) is 4.84. The number of ether oxygens (including phenoxy) is 2. The molecule has 0 amide bonds. The molecule has 0 fully saturated rings. The zero-order chi connectivity index (χ0) is 14.8. The van der Waals surface area contributed by atoms with Gasteiger partial charge in [0.2, 0.25) is 0 Å². The van der Waals surface area contributed by atoms with Gasteiger partial charge in [0.25, 0.3) is 0 Å². The van der Waals surface area contributed by atoms with E-state index in [2.05, 4.69) is 0 Å². The first-order chi connectivity index (χ1) is 9.43. The number of rotatable bonds is 3. The molecule has 0 aromatic heterocycles. The van der Waals surface area contributed by atoms with Crippen LogP contribution in [0, 0.1) is 0 Å². The van der Waals surface area contributed by atoms with Crippen LogP contribution in [0.25, 0.3) is 6.08 Å². The summed E-state index contributed by atoms with van der Waals surface area (Å²) < 4.78 is 34.0. The molecule has 1 aliphatic rings. The average Bonchev–Trinajstić information content (AvgIpc) is 2.59. The monoisotopic (exact) mass is 296 g/mol. The molecule has 6 heteroatoms. The van der Waals surface area contributed by atoms with E-state index in [1.165, 1.54) is 6.07 Å². The second kappa shape index (κ2) is 5.66. The molecule has 108 valence electrons. The van der Waals surface area contributed by atoms with E-state index in [1.807, 2.05) is 0 Å². The molecule has 0 spiro atoms. The minimum Gasteiger partial charge on any atom is -0.491 e. The van der Waals surface area contributed by atoms with Crippen molar-refractivity contribution < 1.29 is 22.7 Å². The Morgan fingerprint density at radius 2 is 2.15 bits per heavy atom. The molecule has 1 aromatic carbocycles. The van der Waals surface area contributed by atoms with Gasteiger partial charge in [-0.05, 0) is 19.1 Å². The van der Waals surface area contributed by atoms with E-state index in [0.717, 1.165) is 6.26 Å². The molecule has 1 aliphatic heterocycles. The maximum atomic E-state index is 11.8. The molecule has 5 nitrogen and oxygen atoms in total. The second-order valence-electron chi connectivity index (χ2n) is 4.44. The Hall–Kier alpha value is -1.82. The molecule has 0 bridgehead atoms. The SMILES string of the molecule is CCOC(=O)C1=Cc2cccc(S(C)(=O)=O)c2OCC1. The topological polar surface area (TPSA) is 69.7 Å². The molecule has 0 radical (unpaired) electrons. The van der Waals surface area contributed by atoms with Crippen molar-refractivity contribution >= 4 is 21.9 Å². The average molecular weight is 296 g/mol. The van der Waals surface area contributed by atoms with Crippen molar-refractivity contribution in [2.75, 3.05) is 19.5 Å². The van der Waals surface area contributed by atoms with E-state index in [9.17, 15) is 13.2 Å². The maximum absolute atomic E-state index is 11.8. The van der Waals surface area contributed by atoms with Crippen LogP contribution in [-0.2, 0) is 19.4 Å². The lowest BCUT2D eigenvalue weighted by atomic mass is 10.1. The summed E-state index contributed by atoms with van der Waals surface area (Å²) in [6.07, 6.45) is 3.15. The summed E-state index contributed by atoms with van der Waals surface area (Å²) in [6.45, 7) is 2.28. The van der Waals surface area contributed by atoms with Crippen LogP contribution < -0.4 is 4.74 Å². The van der Waals surface area contributed by atoms with Crippen LogP contribution in [0.5, 0.6) is 5.75 Å². The Morgan fingerprint density at radius 3 is 2.80 bits per heavy atom. The summed E-state index contributed by atoms with van der Waals surface area (Å²) in [4.78, 5) is 11.9. The number of carbonyl (C=O) groups excluding carboxylic acids is 1. The third kappa shape index (κ3) is 3.01. The molecule has 0 unspecified atom stereocenters. The largest absolute Gasteiger partial charge is 0.491 e. The first-order valence-electron chi connectivity index (χ1n) is 6.27. The van der Waals surface area contributed by atoms with Crippen molar-refractivity contribution in [3.8, 4) is 5.75 Å². The number of hydrogen-bond acceptors (Lipinski definition) is 5. The van der Waals surface area contributed by atoms with Gasteiger partial charge in [-0.25, -0.2) is 13.2 Å². The molecule has 0 atom stereocenters. The second-order valence-corrected chi connectivity index (χ2v) is 6.42. The molecule has 1 aromatic rings. The van der Waals surface area contributed by atoms with Gasteiger partial charge < -0.3 is 9.47 Å². The first-order valence-corrected chi connectivity index (χ1v) is 8.16. The summed E-state index contributed by atoms with van der Waals surface area (Å²) in [5.74, 6) is -0.0944. The van der Waals surface area contributed by atoms with Crippen molar-refractivity contribution in [1.29, 1.82) is 0 Å². The molecule has 0 N–H and O–H groups in total. The molecule has 2 rings (SSSR count). The Bertz CT molecular complexity index is 658. The minimum atomic E-state index is -3.38. The fraction of sp³-hybridized carbons (Fsp3) is 0.357. The van der Waals surface area contributed by atoms with Crippen LogP contribution in [0.3, 0.4) is 0 Å². The quantitative estimate of drug-likeness (QED) is 0.796. The number of esters is 1. The highest BCUT2D eigenvalue weighted by Crippen LogP contribution is 2.32. The Morgan fingerprint density at radius 1 is 1.40 bits per heavy atom. The van der Waals surface area contributed by atoms with Crippen molar-refractivity contribution in [1.82, 2.24) is 0 Å². The molecule has 0 saturated carbocycles. The molecule has 0 aliphatic carbocycles. The van der Waals surface area contributed by atoms with Gasteiger partial charge in [-0.2, -0.15) is 0 Å². The normalized spacial score (nSPS) is 14.6. The van der Waals surface area contributed by atoms with E-state index in [1.54, 1.807) is 25.1 Å². The van der Waals surface area contributed by atoms with Crippen molar-refractivity contribution in [2.24, 2.45) is 0 Å². The highest BCUT2D eigenvalue weighted by molar-refractivity contribution is 7.90. The number of para-hydroxylation sites is 1. The smallest absolute Gasteiger partial charge is 0.334 e. The lowest BCUT2D eigenvalue weighted by molar-refractivity contribution is -0.138. The summed E-state index contributed by atoms with van der Waals surface area (Å²) in [7, 11) is -3.38. The summed E-state index contributed by atoms with van der Waals surface area (Å²) >= 11 is 0. The number of benzene rings is 1. The zero-order valence-electron chi connectivity index (χ0n) is 11.4. The van der Waals surface area contributed by atoms with E-state index >= 15 is 0 Å². The molecular weight excluding hydrogens is 280 g/mol. The molecule has 20 heavy (non-hydrogen) atoms. The van der Waals surface area contributed by atoms with Crippen molar-refractivity contribution in [3.63, 3.8) is 0 Å². The van der Waals surface area contributed by atoms with Gasteiger partial charge in [0.05, 0.1) is 13.2 Å². The van der Waals surface area contributed by atoms with Gasteiger partial charge in [-0.3, -0.25) is 0 Å². The van der Waals surface area contributed by atoms with E-state index in [4.69, 9.17) is 9.47 Å². The Balaban J connectivity index is 2.50. The van der Waals surface area contributed by atoms with Gasteiger partial charge >= 0.3 is 5.97 Å². The maximum Gasteiger partial charge on any atom is 0.334 e. The lowest BCUT2D eigenvalue weighted by Crippen LogP contribution is -2.09. The lowest BCUT2D eigenvalue weighted by Gasteiger charge is -2.10. The highest BCUT2D eigenvalue weighted by atomic mass is 32.2. The van der Waals surface area contributed by atoms with Gasteiger partial charge in [0.1, 0.15) is 10.6 Å². The molecular formula is C14H16O5S. The van der Waals surface area contributed by atoms with Gasteiger partial charge in [0.15, 0.2) is 9.84 Å². The summed E-state index contributed by atoms with van der Waals surface area (Å²) in [5, 5.41) is 0. The van der Waals surface area contributed by atoms with Crippen LogP contribution in [0.4, 0.5) is 0 Å². The Labute approximate surface area is 118 Å². The molecule has 1 heterocycles. The number of sulfone groups is 1. The predicted octanol–water partition coefficient (Wildman–Crippen LogP) is 1.82. The molecule has 0 saturated heterocycles.